The van der Waals surface area contributed by atoms with Gasteiger partial charge in [0.2, 0.25) is 0 Å². The molecule has 3 nitrogen and oxygen atoms in total. The molecule has 0 aliphatic carbocycles. The van der Waals surface area contributed by atoms with Gasteiger partial charge in [0.1, 0.15) is 0 Å². The van der Waals surface area contributed by atoms with Gasteiger partial charge in [0.25, 0.3) is 0 Å². The first-order valence-corrected chi connectivity index (χ1v) is 49.5. The normalized spacial score (nSPS) is 13.7. The second kappa shape index (κ2) is 38.3. The lowest BCUT2D eigenvalue weighted by molar-refractivity contribution is 1.28. The van der Waals surface area contributed by atoms with Crippen LogP contribution in [0.25, 0.3) is 218 Å². The minimum atomic E-state index is -0.382. The van der Waals surface area contributed by atoms with E-state index in [-0.39, 0.29) is 213 Å². The number of nitrogens with zero attached hydrogens (tertiary/aromatic N) is 3. The highest BCUT2D eigenvalue weighted by molar-refractivity contribution is 6.20. The fourth-order valence-electron chi connectivity index (χ4n) is 21.3. The fourth-order valence-corrected chi connectivity index (χ4v) is 21.3. The molecule has 29 rings (SSSR count). The topological polar surface area (TPSA) is 9.72 Å². The van der Waals surface area contributed by atoms with Crippen molar-refractivity contribution in [3.05, 3.63) is 588 Å². The van der Waals surface area contributed by atoms with E-state index in [0.29, 0.717) is 55.8 Å². The van der Waals surface area contributed by atoms with Crippen molar-refractivity contribution in [2.45, 2.75) is 0 Å². The molecule has 29 aromatic rings. The second-order valence-corrected chi connectivity index (χ2v) is 36.9. The molecule has 0 saturated carbocycles. The maximum absolute atomic E-state index is 9.67. The van der Waals surface area contributed by atoms with E-state index in [0.717, 1.165) is 145 Å². The molecule has 0 heterocycles. The Morgan fingerprint density at radius 1 is 0.107 bits per heavy atom. The average Bonchev–Trinajstić information content (AvgIpc) is 0.718. The van der Waals surface area contributed by atoms with Crippen LogP contribution in [0.15, 0.2) is 588 Å². The highest BCUT2D eigenvalue weighted by atomic mass is 15.2. The smallest absolute Gasteiger partial charge is 0.0645 e. The van der Waals surface area contributed by atoms with Crippen LogP contribution in [0.4, 0.5) is 51.2 Å². The van der Waals surface area contributed by atoms with Gasteiger partial charge in [-0.05, 0) is 351 Å². The molecule has 0 saturated heterocycles. The largest absolute Gasteiger partial charge is 0.311 e. The van der Waals surface area contributed by atoms with Gasteiger partial charge in [-0.3, -0.25) is 0 Å². The minimum Gasteiger partial charge on any atom is -0.311 e. The van der Waals surface area contributed by atoms with Crippen molar-refractivity contribution in [2.75, 3.05) is 14.7 Å². The zero-order valence-corrected chi connectivity index (χ0v) is 80.0. The van der Waals surface area contributed by atoms with Crippen LogP contribution in [0.5, 0.6) is 0 Å². The Labute approximate surface area is 899 Å². The van der Waals surface area contributed by atoms with Crippen LogP contribution in [0.3, 0.4) is 0 Å². The van der Waals surface area contributed by atoms with E-state index in [1.807, 2.05) is 394 Å². The maximum atomic E-state index is 9.67. The van der Waals surface area contributed by atoms with Gasteiger partial charge in [0.05, 0.1) is 38.6 Å². The lowest BCUT2D eigenvalue weighted by Gasteiger charge is -2.27. The van der Waals surface area contributed by atoms with Gasteiger partial charge >= 0.3 is 0 Å². The van der Waals surface area contributed by atoms with E-state index in [1.165, 1.54) is 14.7 Å². The third-order valence-corrected chi connectivity index (χ3v) is 28.2. The van der Waals surface area contributed by atoms with Gasteiger partial charge < -0.3 is 14.7 Å². The molecule has 0 spiro atoms. The maximum Gasteiger partial charge on any atom is 0.0645 e. The Bertz CT molecular complexity index is 11200. The molecule has 0 amide bonds. The van der Waals surface area contributed by atoms with Gasteiger partial charge in [0.15, 0.2) is 0 Å². The molecular formula is C146H97N3. The molecule has 0 bridgehead atoms. The summed E-state index contributed by atoms with van der Waals surface area (Å²) >= 11 is 0. The standard InChI is InChI=1S/2C50H33N.C46H31N/c1-6-18-43-34(12-1)15-11-23-50(43)51(39-28-24-35(25-29-39)48-32-37-13-2-4-16-41(37)44-19-7-9-21-46(44)48)40-30-26-36(27-31-40)49-33-38-14-3-5-17-42(38)45-20-8-10-22-47(45)49;1-2-12-37-31-42(30-21-34(37)11-1)51(40-26-22-35(23-27-40)49-32-38-13-3-5-15-43(38)45-17-7-9-19-47(45)49)41-28-24-36(25-29-41)50-33-39-14-4-6-16-44(39)46-18-8-10-20-48(46)50;1-2-14-36(15-3-1)47(37-26-22-32(23-27-37)45-30-34-12-4-6-16-39(34)41-18-8-10-20-43(41)45)38-28-24-33(25-29-38)46-31-35-13-5-7-17-40(35)42-19-9-11-21-44(42)46/h2*1-33H;1-31H/i24D,25D,26D,27D,28D,29D,30D,31D;2*22D,23D,24D,25D,26D,27D,28D,29D. The van der Waals surface area contributed by atoms with Crippen molar-refractivity contribution in [1.29, 1.82) is 0 Å². The first-order valence-electron chi connectivity index (χ1n) is 61.5. The molecule has 696 valence electrons. The van der Waals surface area contributed by atoms with Gasteiger partial charge in [0, 0.05) is 50.9 Å². The van der Waals surface area contributed by atoms with Gasteiger partial charge in [-0.1, -0.05) is 449 Å². The Balaban J connectivity index is 0.000000123. The minimum absolute atomic E-state index is 0.127. The van der Waals surface area contributed by atoms with Gasteiger partial charge in [-0.25, -0.2) is 0 Å². The lowest BCUT2D eigenvalue weighted by atomic mass is 9.93. The van der Waals surface area contributed by atoms with Crippen LogP contribution in [0.1, 0.15) is 32.9 Å². The molecule has 3 heteroatoms. The van der Waals surface area contributed by atoms with E-state index in [4.69, 9.17) is 0 Å². The Morgan fingerprint density at radius 2 is 0.302 bits per heavy atom. The van der Waals surface area contributed by atoms with Crippen molar-refractivity contribution < 1.29 is 32.9 Å². The molecule has 0 atom stereocenters. The van der Waals surface area contributed by atoms with Crippen LogP contribution in [0.2, 0.25) is 0 Å². The fraction of sp³-hybridized carbons (Fsp3) is 0. The first kappa shape index (κ1) is 66.3. The Morgan fingerprint density at radius 3 is 0.570 bits per heavy atom. The third-order valence-electron chi connectivity index (χ3n) is 28.2. The summed E-state index contributed by atoms with van der Waals surface area (Å²) < 4.78 is 229. The number of hydrogen-bond acceptors (Lipinski definition) is 3. The van der Waals surface area contributed by atoms with Crippen LogP contribution >= 0.6 is 0 Å². The predicted octanol–water partition coefficient (Wildman–Crippen LogP) is 41.6. The summed E-state index contributed by atoms with van der Waals surface area (Å²) in [6.07, 6.45) is 0. The molecule has 0 aromatic heterocycles. The summed E-state index contributed by atoms with van der Waals surface area (Å²) in [5.74, 6) is 0. The Hall–Kier alpha value is -19.6. The van der Waals surface area contributed by atoms with Gasteiger partial charge in [-0.15, -0.1) is 0 Å². The van der Waals surface area contributed by atoms with Gasteiger partial charge in [-0.2, -0.15) is 0 Å². The summed E-state index contributed by atoms with van der Waals surface area (Å²) in [7, 11) is 0. The number of fused-ring (bicyclic) bond motifs is 20. The highest BCUT2D eigenvalue weighted by Gasteiger charge is 2.24. The van der Waals surface area contributed by atoms with Crippen LogP contribution in [-0.2, 0) is 0 Å². The number of hydrogen-bond donors (Lipinski definition) is 0. The molecular weight excluding hydrogens is 1800 g/mol. The lowest BCUT2D eigenvalue weighted by Crippen LogP contribution is -2.10. The quantitative estimate of drug-likeness (QED) is 0.0947. The molecule has 0 unspecified atom stereocenters. The summed E-state index contributed by atoms with van der Waals surface area (Å²) in [5, 5.41) is 24.8. The molecule has 0 aliphatic rings. The second-order valence-electron chi connectivity index (χ2n) is 36.9. The molecule has 0 aliphatic heterocycles. The summed E-state index contributed by atoms with van der Waals surface area (Å²) in [5.41, 5.74) is 4.09. The van der Waals surface area contributed by atoms with Crippen molar-refractivity contribution >= 4 is 202 Å². The van der Waals surface area contributed by atoms with E-state index in [1.54, 1.807) is 48.5 Å². The van der Waals surface area contributed by atoms with Crippen molar-refractivity contribution in [2.24, 2.45) is 0 Å². The average molecular weight is 1920 g/mol. The molecule has 0 radical (unpaired) electrons. The molecule has 0 N–H and O–H groups in total. The van der Waals surface area contributed by atoms with Crippen LogP contribution in [0, 0.1) is 0 Å². The summed E-state index contributed by atoms with van der Waals surface area (Å²) in [6.45, 7) is 0. The zero-order valence-electron chi connectivity index (χ0n) is 104. The van der Waals surface area contributed by atoms with E-state index >= 15 is 0 Å². The van der Waals surface area contributed by atoms with Crippen molar-refractivity contribution in [1.82, 2.24) is 0 Å². The number of rotatable bonds is 15. The number of benzene rings is 29. The number of para-hydroxylation sites is 1. The van der Waals surface area contributed by atoms with Crippen LogP contribution < -0.4 is 14.7 Å². The van der Waals surface area contributed by atoms with Crippen molar-refractivity contribution in [3.8, 4) is 66.8 Å². The number of anilines is 9. The Kier molecular flexibility index (Phi) is 17.0. The van der Waals surface area contributed by atoms with E-state index in [2.05, 4.69) is 0 Å². The SMILES string of the molecule is [2H]c1c([2H])c(N(c2c([2H])c([2H])c(-c3cc4ccccc4c4ccccc34)c([2H])c2[2H])c2cccc3ccccc23)c([2H])c([2H])c1-c1cc2ccccc2c2ccccc12.[2H]c1c([2H])c(N(c2ccc3ccccc3c2)c2c([2H])c([2H])c(-c3cc4ccccc4c4ccccc34)c([2H])c2[2H])c([2H])c([2H])c1-c1cc2ccccc2c2ccccc12.[2H]c1c([2H])c(N(c2ccccc2)c2c([2H])c([2H])c(-c3cc4ccccc4c4ccccc34)c([2H])c2[2H])c([2H])c([2H])c1-c1cc2ccccc2c2ccccc12. The molecule has 0 fully saturated rings. The zero-order chi connectivity index (χ0) is 119. The first-order chi connectivity index (χ1) is 84.0. The summed E-state index contributed by atoms with van der Waals surface area (Å²) in [6, 6.07) is 132. The molecule has 149 heavy (non-hydrogen) atoms. The predicted molar refractivity (Wildman–Crippen MR) is 641 cm³/mol. The van der Waals surface area contributed by atoms with E-state index < -0.39 is 0 Å². The van der Waals surface area contributed by atoms with Crippen LogP contribution in [-0.4, -0.2) is 0 Å². The monoisotopic (exact) mass is 1920 g/mol. The molecule has 29 aromatic carbocycles. The van der Waals surface area contributed by atoms with Crippen molar-refractivity contribution in [3.63, 3.8) is 0 Å². The third kappa shape index (κ3) is 16.4. The van der Waals surface area contributed by atoms with E-state index in [9.17, 15) is 32.9 Å². The summed E-state index contributed by atoms with van der Waals surface area (Å²) in [4.78, 5) is 4.11. The highest BCUT2D eigenvalue weighted by Crippen LogP contribution is 2.49.